The van der Waals surface area contributed by atoms with Crippen molar-refractivity contribution in [3.63, 3.8) is 0 Å². The number of nitrogens with zero attached hydrogens (tertiary/aromatic N) is 1. The highest BCUT2D eigenvalue weighted by molar-refractivity contribution is 7.14. The molecule has 0 spiro atoms. The lowest BCUT2D eigenvalue weighted by molar-refractivity contribution is -0.133. The van der Waals surface area contributed by atoms with Gasteiger partial charge in [-0.25, -0.2) is 9.18 Å². The van der Waals surface area contributed by atoms with E-state index < -0.39 is 5.97 Å². The highest BCUT2D eigenvalue weighted by Crippen LogP contribution is 2.32. The fraction of sp³-hybridized carbons (Fsp3) is 0.217. The summed E-state index contributed by atoms with van der Waals surface area (Å²) in [5.41, 5.74) is 2.70. The highest BCUT2D eigenvalue weighted by Gasteiger charge is 2.18. The number of likely N-dealkylation sites (N-methyl/N-ethyl adjacent to an activating group) is 1. The molecule has 0 radical (unpaired) electrons. The van der Waals surface area contributed by atoms with E-state index in [0.29, 0.717) is 11.4 Å². The summed E-state index contributed by atoms with van der Waals surface area (Å²) in [6.45, 7) is 1.88. The van der Waals surface area contributed by atoms with Crippen molar-refractivity contribution in [2.45, 2.75) is 13.5 Å². The van der Waals surface area contributed by atoms with Crippen LogP contribution in [0.2, 0.25) is 0 Å². The molecule has 2 aromatic carbocycles. The Labute approximate surface area is 178 Å². The van der Waals surface area contributed by atoms with Gasteiger partial charge in [-0.3, -0.25) is 4.79 Å². The zero-order chi connectivity index (χ0) is 21.7. The number of methoxy groups -OCH3 is 1. The van der Waals surface area contributed by atoms with E-state index in [0.717, 1.165) is 27.3 Å². The number of ether oxygens (including phenoxy) is 2. The lowest BCUT2D eigenvalue weighted by Crippen LogP contribution is -2.30. The van der Waals surface area contributed by atoms with Crippen molar-refractivity contribution in [1.29, 1.82) is 0 Å². The molecule has 0 unspecified atom stereocenters. The van der Waals surface area contributed by atoms with Crippen molar-refractivity contribution < 1.29 is 23.5 Å². The van der Waals surface area contributed by atoms with Crippen molar-refractivity contribution in [2.24, 2.45) is 0 Å². The maximum Gasteiger partial charge on any atom is 0.348 e. The summed E-state index contributed by atoms with van der Waals surface area (Å²) in [5, 5.41) is 0. The summed E-state index contributed by atoms with van der Waals surface area (Å²) in [5.74, 6) is -0.445. The van der Waals surface area contributed by atoms with Gasteiger partial charge >= 0.3 is 5.97 Å². The summed E-state index contributed by atoms with van der Waals surface area (Å²) in [4.78, 5) is 27.5. The molecular weight excluding hydrogens is 405 g/mol. The number of amides is 1. The normalized spacial score (nSPS) is 10.5. The van der Waals surface area contributed by atoms with Crippen LogP contribution >= 0.6 is 11.3 Å². The summed E-state index contributed by atoms with van der Waals surface area (Å²) >= 11 is 1.33. The first-order valence-electron chi connectivity index (χ1n) is 9.27. The number of carbonyl (C=O) groups excluding carboxylic acids is 2. The first-order valence-corrected chi connectivity index (χ1v) is 10.1. The van der Waals surface area contributed by atoms with Crippen LogP contribution in [-0.4, -0.2) is 37.5 Å². The number of thiophene rings is 1. The van der Waals surface area contributed by atoms with E-state index in [1.807, 2.05) is 31.2 Å². The van der Waals surface area contributed by atoms with Crippen LogP contribution in [0.3, 0.4) is 0 Å². The van der Waals surface area contributed by atoms with Gasteiger partial charge in [-0.1, -0.05) is 24.3 Å². The number of aryl methyl sites for hydroxylation is 1. The van der Waals surface area contributed by atoms with Crippen molar-refractivity contribution in [1.82, 2.24) is 4.90 Å². The van der Waals surface area contributed by atoms with Crippen LogP contribution in [0.4, 0.5) is 4.39 Å². The minimum atomic E-state index is -0.536. The van der Waals surface area contributed by atoms with Gasteiger partial charge in [-0.15, -0.1) is 11.3 Å². The Kier molecular flexibility index (Phi) is 6.84. The van der Waals surface area contributed by atoms with E-state index in [4.69, 9.17) is 9.47 Å². The molecule has 0 atom stereocenters. The lowest BCUT2D eigenvalue weighted by atomic mass is 10.1. The fourth-order valence-electron chi connectivity index (χ4n) is 2.90. The molecule has 0 aliphatic rings. The lowest BCUT2D eigenvalue weighted by Gasteiger charge is -2.17. The van der Waals surface area contributed by atoms with Crippen LogP contribution in [0.1, 0.15) is 20.1 Å². The quantitative estimate of drug-likeness (QED) is 0.514. The van der Waals surface area contributed by atoms with Crippen molar-refractivity contribution in [2.75, 3.05) is 20.8 Å². The molecule has 1 amide bonds. The molecule has 7 heteroatoms. The first-order chi connectivity index (χ1) is 14.4. The van der Waals surface area contributed by atoms with Crippen LogP contribution in [0.15, 0.2) is 54.6 Å². The summed E-state index contributed by atoms with van der Waals surface area (Å²) < 4.78 is 23.4. The summed E-state index contributed by atoms with van der Waals surface area (Å²) in [6, 6.07) is 15.3. The Morgan fingerprint density at radius 3 is 2.37 bits per heavy atom. The third kappa shape index (κ3) is 5.24. The monoisotopic (exact) mass is 427 g/mol. The van der Waals surface area contributed by atoms with Crippen LogP contribution < -0.4 is 4.74 Å². The third-order valence-corrected chi connectivity index (χ3v) is 5.64. The predicted molar refractivity (Wildman–Crippen MR) is 114 cm³/mol. The van der Waals surface area contributed by atoms with E-state index in [2.05, 4.69) is 0 Å². The molecule has 3 rings (SSSR count). The second kappa shape index (κ2) is 9.54. The van der Waals surface area contributed by atoms with Crippen LogP contribution in [0.5, 0.6) is 5.75 Å². The minimum Gasteiger partial charge on any atom is -0.497 e. The van der Waals surface area contributed by atoms with E-state index in [9.17, 15) is 14.0 Å². The van der Waals surface area contributed by atoms with Gasteiger partial charge in [0.25, 0.3) is 5.91 Å². The maximum atomic E-state index is 13.0. The topological polar surface area (TPSA) is 55.8 Å². The average molecular weight is 427 g/mol. The molecule has 0 fully saturated rings. The highest BCUT2D eigenvalue weighted by atomic mass is 32.1. The molecule has 0 bridgehead atoms. The SMILES string of the molecule is COc1ccc(-c2cc(C(=O)OCC(=O)N(C)Cc3ccc(F)cc3)sc2C)cc1. The summed E-state index contributed by atoms with van der Waals surface area (Å²) in [6.07, 6.45) is 0. The van der Waals surface area contributed by atoms with Crippen molar-refractivity contribution >= 4 is 23.2 Å². The van der Waals surface area contributed by atoms with Crippen LogP contribution in [0, 0.1) is 12.7 Å². The molecule has 1 heterocycles. The molecule has 0 saturated heterocycles. The number of hydrogen-bond donors (Lipinski definition) is 0. The zero-order valence-electron chi connectivity index (χ0n) is 17.0. The maximum absolute atomic E-state index is 13.0. The van der Waals surface area contributed by atoms with E-state index in [1.54, 1.807) is 32.4 Å². The molecule has 0 N–H and O–H groups in total. The molecule has 0 saturated carbocycles. The zero-order valence-corrected chi connectivity index (χ0v) is 17.8. The number of halogens is 1. The average Bonchev–Trinajstić information content (AvgIpc) is 3.15. The van der Waals surface area contributed by atoms with Gasteiger partial charge in [0.1, 0.15) is 16.4 Å². The van der Waals surface area contributed by atoms with Crippen LogP contribution in [0.25, 0.3) is 11.1 Å². The van der Waals surface area contributed by atoms with Gasteiger partial charge in [-0.2, -0.15) is 0 Å². The smallest absolute Gasteiger partial charge is 0.348 e. The summed E-state index contributed by atoms with van der Waals surface area (Å²) in [7, 11) is 3.22. The molecule has 3 aromatic rings. The van der Waals surface area contributed by atoms with E-state index in [-0.39, 0.29) is 18.3 Å². The fourth-order valence-corrected chi connectivity index (χ4v) is 3.84. The molecule has 0 aliphatic heterocycles. The van der Waals surface area contributed by atoms with E-state index in [1.165, 1.54) is 28.4 Å². The molecule has 156 valence electrons. The van der Waals surface area contributed by atoms with Crippen molar-refractivity contribution in [3.8, 4) is 16.9 Å². The molecule has 0 aliphatic carbocycles. The molecule has 5 nitrogen and oxygen atoms in total. The Balaban J connectivity index is 1.59. The number of benzene rings is 2. The second-order valence-corrected chi connectivity index (χ2v) is 8.02. The third-order valence-electron chi connectivity index (χ3n) is 4.61. The minimum absolute atomic E-state index is 0.302. The predicted octanol–water partition coefficient (Wildman–Crippen LogP) is 4.69. The van der Waals surface area contributed by atoms with Gasteiger partial charge in [-0.05, 0) is 53.9 Å². The number of carbonyl (C=O) groups is 2. The van der Waals surface area contributed by atoms with Crippen LogP contribution in [-0.2, 0) is 16.1 Å². The van der Waals surface area contributed by atoms with Gasteiger partial charge < -0.3 is 14.4 Å². The van der Waals surface area contributed by atoms with Gasteiger partial charge in [0.05, 0.1) is 7.11 Å². The standard InChI is InChI=1S/C23H22FNO4S/c1-15-20(17-6-10-19(28-3)11-7-17)12-21(30-15)23(27)29-14-22(26)25(2)13-16-4-8-18(24)9-5-16/h4-12H,13-14H2,1-3H3. The number of hydrogen-bond acceptors (Lipinski definition) is 5. The Morgan fingerprint density at radius 1 is 1.07 bits per heavy atom. The van der Waals surface area contributed by atoms with Gasteiger partial charge in [0.2, 0.25) is 0 Å². The van der Waals surface area contributed by atoms with Gasteiger partial charge in [0, 0.05) is 18.5 Å². The Hall–Kier alpha value is -3.19. The number of esters is 1. The largest absolute Gasteiger partial charge is 0.497 e. The Bertz CT molecular complexity index is 1030. The molecule has 1 aromatic heterocycles. The molecular formula is C23H22FNO4S. The first kappa shape index (κ1) is 21.5. The number of rotatable bonds is 7. The Morgan fingerprint density at radius 2 is 1.73 bits per heavy atom. The second-order valence-electron chi connectivity index (χ2n) is 6.76. The van der Waals surface area contributed by atoms with Crippen molar-refractivity contribution in [3.05, 3.63) is 75.7 Å². The van der Waals surface area contributed by atoms with Gasteiger partial charge in [0.15, 0.2) is 6.61 Å². The van der Waals surface area contributed by atoms with E-state index >= 15 is 0 Å². The molecule has 30 heavy (non-hydrogen) atoms.